The second-order valence-corrected chi connectivity index (χ2v) is 3.31. The first-order chi connectivity index (χ1) is 6.08. The molecule has 0 saturated heterocycles. The Hall–Kier alpha value is -1.29. The molecule has 1 aromatic rings. The van der Waals surface area contributed by atoms with Crippen molar-refractivity contribution in [1.29, 1.82) is 0 Å². The fraction of sp³-hybridized carbons (Fsp3) is 0.444. The number of nitrogens with two attached hydrogens (primary N) is 1. The van der Waals surface area contributed by atoms with E-state index in [1.165, 1.54) is 6.26 Å². The number of aliphatic carboxylic acids is 1. The van der Waals surface area contributed by atoms with Gasteiger partial charge in [0.15, 0.2) is 0 Å². The minimum Gasteiger partial charge on any atom is -0.481 e. The molecule has 3 N–H and O–H groups in total. The molecule has 0 radical (unpaired) electrons. The van der Waals surface area contributed by atoms with Crippen LogP contribution in [0.5, 0.6) is 0 Å². The molecular weight excluding hydrogens is 170 g/mol. The van der Waals surface area contributed by atoms with Crippen LogP contribution in [-0.4, -0.2) is 17.6 Å². The summed E-state index contributed by atoms with van der Waals surface area (Å²) in [5.74, 6) is -0.248. The summed E-state index contributed by atoms with van der Waals surface area (Å²) < 4.78 is 5.15. The molecule has 0 aliphatic rings. The molecule has 0 aromatic carbocycles. The van der Waals surface area contributed by atoms with Gasteiger partial charge in [0.25, 0.3) is 0 Å². The number of hydrogen-bond acceptors (Lipinski definition) is 3. The maximum atomic E-state index is 10.6. The van der Waals surface area contributed by atoms with Gasteiger partial charge in [0, 0.05) is 12.0 Å². The zero-order chi connectivity index (χ0) is 9.90. The van der Waals surface area contributed by atoms with Gasteiger partial charge in [-0.25, -0.2) is 0 Å². The highest BCUT2D eigenvalue weighted by Gasteiger charge is 2.30. The second-order valence-electron chi connectivity index (χ2n) is 3.31. The van der Waals surface area contributed by atoms with Crippen molar-refractivity contribution in [2.24, 2.45) is 5.73 Å². The third-order valence-corrected chi connectivity index (χ3v) is 2.11. The van der Waals surface area contributed by atoms with E-state index < -0.39 is 11.4 Å². The molecule has 1 rings (SSSR count). The van der Waals surface area contributed by atoms with Crippen LogP contribution in [0.4, 0.5) is 0 Å². The van der Waals surface area contributed by atoms with Crippen LogP contribution >= 0.6 is 0 Å². The molecule has 4 heteroatoms. The van der Waals surface area contributed by atoms with Crippen LogP contribution in [0.25, 0.3) is 0 Å². The Morgan fingerprint density at radius 3 is 2.85 bits per heavy atom. The monoisotopic (exact) mass is 183 g/mol. The number of carboxylic acids is 1. The lowest BCUT2D eigenvalue weighted by Crippen LogP contribution is -2.33. The predicted molar refractivity (Wildman–Crippen MR) is 47.4 cm³/mol. The van der Waals surface area contributed by atoms with Gasteiger partial charge in [0.2, 0.25) is 0 Å². The highest BCUT2D eigenvalue weighted by Crippen LogP contribution is 2.26. The smallest absolute Gasteiger partial charge is 0.304 e. The van der Waals surface area contributed by atoms with Crippen molar-refractivity contribution in [3.63, 3.8) is 0 Å². The van der Waals surface area contributed by atoms with Gasteiger partial charge in [-0.2, -0.15) is 0 Å². The van der Waals surface area contributed by atoms with Crippen LogP contribution in [0, 0.1) is 0 Å². The van der Waals surface area contributed by atoms with E-state index in [0.717, 1.165) is 0 Å². The molecule has 0 aliphatic heterocycles. The van der Waals surface area contributed by atoms with Crippen LogP contribution < -0.4 is 5.73 Å². The van der Waals surface area contributed by atoms with Crippen LogP contribution in [0.15, 0.2) is 22.8 Å². The average molecular weight is 183 g/mol. The van der Waals surface area contributed by atoms with Gasteiger partial charge in [-0.15, -0.1) is 0 Å². The van der Waals surface area contributed by atoms with Crippen molar-refractivity contribution in [3.8, 4) is 0 Å². The lowest BCUT2D eigenvalue weighted by atomic mass is 9.84. The van der Waals surface area contributed by atoms with Gasteiger partial charge >= 0.3 is 5.97 Å². The molecular formula is C9H13NO3. The standard InChI is InChI=1S/C9H13NO3/c1-9(6-10,5-8(11)12)7-3-2-4-13-7/h2-4H,5-6,10H2,1H3,(H,11,12). The summed E-state index contributed by atoms with van der Waals surface area (Å²) in [6.07, 6.45) is 1.50. The van der Waals surface area contributed by atoms with Crippen LogP contribution in [-0.2, 0) is 10.2 Å². The zero-order valence-electron chi connectivity index (χ0n) is 7.49. The highest BCUT2D eigenvalue weighted by molar-refractivity contribution is 5.68. The van der Waals surface area contributed by atoms with Crippen molar-refractivity contribution in [2.45, 2.75) is 18.8 Å². The zero-order valence-corrected chi connectivity index (χ0v) is 7.49. The average Bonchev–Trinajstić information content (AvgIpc) is 2.55. The first kappa shape index (κ1) is 9.80. The minimum atomic E-state index is -0.871. The van der Waals surface area contributed by atoms with Crippen molar-refractivity contribution in [3.05, 3.63) is 24.2 Å². The molecule has 1 atom stereocenters. The van der Waals surface area contributed by atoms with Crippen LogP contribution in [0.1, 0.15) is 19.1 Å². The van der Waals surface area contributed by atoms with E-state index in [1.807, 2.05) is 0 Å². The van der Waals surface area contributed by atoms with Gasteiger partial charge in [-0.3, -0.25) is 4.79 Å². The summed E-state index contributed by atoms with van der Waals surface area (Å²) in [6, 6.07) is 3.47. The first-order valence-corrected chi connectivity index (χ1v) is 4.04. The number of rotatable bonds is 4. The summed E-state index contributed by atoms with van der Waals surface area (Å²) in [6.45, 7) is 2.03. The fourth-order valence-corrected chi connectivity index (χ4v) is 1.22. The Kier molecular flexibility index (Phi) is 2.72. The normalized spacial score (nSPS) is 15.2. The van der Waals surface area contributed by atoms with E-state index in [1.54, 1.807) is 19.1 Å². The van der Waals surface area contributed by atoms with Crippen molar-refractivity contribution >= 4 is 5.97 Å². The molecule has 0 fully saturated rings. The molecule has 4 nitrogen and oxygen atoms in total. The lowest BCUT2D eigenvalue weighted by molar-refractivity contribution is -0.138. The van der Waals surface area contributed by atoms with Gasteiger partial charge in [0.1, 0.15) is 5.76 Å². The minimum absolute atomic E-state index is 0.0169. The number of hydrogen-bond donors (Lipinski definition) is 2. The fourth-order valence-electron chi connectivity index (χ4n) is 1.22. The van der Waals surface area contributed by atoms with E-state index in [2.05, 4.69) is 0 Å². The highest BCUT2D eigenvalue weighted by atomic mass is 16.4. The molecule has 72 valence electrons. The van der Waals surface area contributed by atoms with E-state index >= 15 is 0 Å². The molecule has 1 heterocycles. The molecule has 0 saturated carbocycles. The molecule has 13 heavy (non-hydrogen) atoms. The molecule has 0 aliphatic carbocycles. The van der Waals surface area contributed by atoms with E-state index in [-0.39, 0.29) is 13.0 Å². The first-order valence-electron chi connectivity index (χ1n) is 4.04. The largest absolute Gasteiger partial charge is 0.481 e. The van der Waals surface area contributed by atoms with Crippen molar-refractivity contribution < 1.29 is 14.3 Å². The lowest BCUT2D eigenvalue weighted by Gasteiger charge is -2.22. The third-order valence-electron chi connectivity index (χ3n) is 2.11. The Morgan fingerprint density at radius 1 is 1.77 bits per heavy atom. The third kappa shape index (κ3) is 2.09. The summed E-state index contributed by atoms with van der Waals surface area (Å²) in [5, 5.41) is 8.68. The molecule has 0 amide bonds. The quantitative estimate of drug-likeness (QED) is 0.729. The summed E-state index contributed by atoms with van der Waals surface area (Å²) in [5.41, 5.74) is 4.92. The van der Waals surface area contributed by atoms with Crippen molar-refractivity contribution in [1.82, 2.24) is 0 Å². The molecule has 0 spiro atoms. The Labute approximate surface area is 76.3 Å². The van der Waals surface area contributed by atoms with Gasteiger partial charge < -0.3 is 15.3 Å². The van der Waals surface area contributed by atoms with E-state index in [4.69, 9.17) is 15.3 Å². The summed E-state index contributed by atoms with van der Waals surface area (Å²) >= 11 is 0. The number of carboxylic acid groups (broad SMARTS) is 1. The molecule has 0 bridgehead atoms. The summed E-state index contributed by atoms with van der Waals surface area (Å²) in [4.78, 5) is 10.6. The predicted octanol–water partition coefficient (Wildman–Crippen LogP) is 0.971. The van der Waals surface area contributed by atoms with E-state index in [0.29, 0.717) is 5.76 Å². The second kappa shape index (κ2) is 3.62. The number of carbonyl (C=O) groups is 1. The SMILES string of the molecule is CC(CN)(CC(=O)O)c1ccco1. The summed E-state index contributed by atoms with van der Waals surface area (Å²) in [7, 11) is 0. The van der Waals surface area contributed by atoms with Gasteiger partial charge in [-0.1, -0.05) is 6.92 Å². The van der Waals surface area contributed by atoms with Crippen molar-refractivity contribution in [2.75, 3.05) is 6.54 Å². The molecule has 1 unspecified atom stereocenters. The van der Waals surface area contributed by atoms with Crippen LogP contribution in [0.3, 0.4) is 0 Å². The Balaban J connectivity index is 2.87. The maximum absolute atomic E-state index is 10.6. The Bertz CT molecular complexity index is 281. The van der Waals surface area contributed by atoms with Crippen LogP contribution in [0.2, 0.25) is 0 Å². The van der Waals surface area contributed by atoms with E-state index in [9.17, 15) is 4.79 Å². The maximum Gasteiger partial charge on any atom is 0.304 e. The van der Waals surface area contributed by atoms with Gasteiger partial charge in [0.05, 0.1) is 12.7 Å². The number of furan rings is 1. The Morgan fingerprint density at radius 2 is 2.46 bits per heavy atom. The topological polar surface area (TPSA) is 76.5 Å². The molecule has 1 aromatic heterocycles. The van der Waals surface area contributed by atoms with Gasteiger partial charge in [-0.05, 0) is 12.1 Å².